The second kappa shape index (κ2) is 9.47. The number of hydrogen-bond acceptors (Lipinski definition) is 6. The van der Waals surface area contributed by atoms with Crippen molar-refractivity contribution in [2.45, 2.75) is 38.4 Å². The van der Waals surface area contributed by atoms with Gasteiger partial charge in [-0.1, -0.05) is 32.0 Å². The first kappa shape index (κ1) is 20.1. The molecule has 0 bridgehead atoms. The van der Waals surface area contributed by atoms with E-state index in [-0.39, 0.29) is 17.6 Å². The maximum absolute atomic E-state index is 12.2. The number of ether oxygens (including phenoxy) is 2. The van der Waals surface area contributed by atoms with Crippen molar-refractivity contribution in [3.8, 4) is 5.75 Å². The Labute approximate surface area is 157 Å². The lowest BCUT2D eigenvalue weighted by atomic mass is 9.99. The summed E-state index contributed by atoms with van der Waals surface area (Å²) < 4.78 is 10.2. The number of rotatable bonds is 9. The van der Waals surface area contributed by atoms with Gasteiger partial charge in [0, 0.05) is 6.07 Å². The van der Waals surface area contributed by atoms with Crippen molar-refractivity contribution in [2.24, 2.45) is 5.92 Å². The number of methoxy groups -OCH3 is 1. The van der Waals surface area contributed by atoms with Gasteiger partial charge in [-0.2, -0.15) is 0 Å². The molecule has 0 radical (unpaired) electrons. The number of nitrogens with one attached hydrogen (secondary N) is 2. The van der Waals surface area contributed by atoms with Gasteiger partial charge in [-0.25, -0.2) is 9.78 Å². The number of esters is 1. The van der Waals surface area contributed by atoms with E-state index in [1.54, 1.807) is 0 Å². The largest absolute Gasteiger partial charge is 0.494 e. The Morgan fingerprint density at radius 2 is 2.12 bits per heavy atom. The molecule has 0 saturated carbocycles. The smallest absolute Gasteiger partial charge is 0.328 e. The highest BCUT2D eigenvalue weighted by Gasteiger charge is 2.26. The molecule has 2 aromatic rings. The molecule has 0 saturated heterocycles. The van der Waals surface area contributed by atoms with Crippen molar-refractivity contribution in [3.05, 3.63) is 18.2 Å². The molecule has 26 heavy (non-hydrogen) atoms. The quantitative estimate of drug-likeness (QED) is 0.514. The Hall–Kier alpha value is -2.22. The average molecular weight is 379 g/mol. The van der Waals surface area contributed by atoms with Gasteiger partial charge in [0.05, 0.1) is 30.5 Å². The number of hydrogen-bond donors (Lipinski definition) is 2. The van der Waals surface area contributed by atoms with Crippen LogP contribution < -0.4 is 10.1 Å². The summed E-state index contributed by atoms with van der Waals surface area (Å²) in [5, 5.41) is 3.39. The molecule has 0 fully saturated rings. The predicted octanol–water partition coefficient (Wildman–Crippen LogP) is 2.76. The van der Waals surface area contributed by atoms with Gasteiger partial charge in [-0.15, -0.1) is 0 Å². The van der Waals surface area contributed by atoms with Crippen LogP contribution in [0.25, 0.3) is 11.0 Å². The van der Waals surface area contributed by atoms with Crippen LogP contribution in [-0.4, -0.2) is 47.4 Å². The molecule has 0 spiro atoms. The number of thioether (sulfide) groups is 1. The summed E-state index contributed by atoms with van der Waals surface area (Å²) in [5.41, 5.74) is 1.66. The summed E-state index contributed by atoms with van der Waals surface area (Å²) in [7, 11) is 1.32. The molecule has 1 amide bonds. The summed E-state index contributed by atoms with van der Waals surface area (Å²) in [6.07, 6.45) is 0.763. The lowest BCUT2D eigenvalue weighted by molar-refractivity contribution is -0.146. The first-order valence-electron chi connectivity index (χ1n) is 8.61. The fourth-order valence-electron chi connectivity index (χ4n) is 2.44. The third-order valence-corrected chi connectivity index (χ3v) is 4.94. The molecule has 1 aromatic heterocycles. The van der Waals surface area contributed by atoms with E-state index in [1.165, 1.54) is 18.9 Å². The molecule has 0 aliphatic heterocycles. The van der Waals surface area contributed by atoms with Crippen LogP contribution in [0.1, 0.15) is 27.2 Å². The van der Waals surface area contributed by atoms with Crippen molar-refractivity contribution in [1.82, 2.24) is 15.3 Å². The van der Waals surface area contributed by atoms with E-state index in [4.69, 9.17) is 9.47 Å². The normalized spacial score (nSPS) is 13.2. The van der Waals surface area contributed by atoms with Crippen LogP contribution in [0.4, 0.5) is 0 Å². The Kier molecular flexibility index (Phi) is 7.32. The first-order valence-corrected chi connectivity index (χ1v) is 9.59. The van der Waals surface area contributed by atoms with Gasteiger partial charge >= 0.3 is 5.97 Å². The number of imidazole rings is 1. The van der Waals surface area contributed by atoms with Gasteiger partial charge in [-0.3, -0.25) is 4.79 Å². The van der Waals surface area contributed by atoms with E-state index >= 15 is 0 Å². The second-order valence-corrected chi connectivity index (χ2v) is 6.86. The molecule has 1 aromatic carbocycles. The van der Waals surface area contributed by atoms with E-state index in [2.05, 4.69) is 15.3 Å². The minimum atomic E-state index is -0.637. The van der Waals surface area contributed by atoms with Crippen molar-refractivity contribution in [3.63, 3.8) is 0 Å². The van der Waals surface area contributed by atoms with Gasteiger partial charge in [0.2, 0.25) is 5.91 Å². The number of benzene rings is 1. The maximum atomic E-state index is 12.2. The summed E-state index contributed by atoms with van der Waals surface area (Å²) in [5.74, 6) is 0.264. The van der Waals surface area contributed by atoms with Gasteiger partial charge in [0.25, 0.3) is 0 Å². The lowest BCUT2D eigenvalue weighted by Crippen LogP contribution is -2.46. The topological polar surface area (TPSA) is 93.3 Å². The molecule has 2 atom stereocenters. The first-order chi connectivity index (χ1) is 12.5. The number of carbonyl (C=O) groups excluding carboxylic acids is 2. The number of aromatic nitrogens is 2. The highest BCUT2D eigenvalue weighted by molar-refractivity contribution is 7.99. The zero-order valence-corrected chi connectivity index (χ0v) is 16.3. The van der Waals surface area contributed by atoms with Crippen molar-refractivity contribution >= 4 is 34.7 Å². The fourth-order valence-corrected chi connectivity index (χ4v) is 3.13. The van der Waals surface area contributed by atoms with Gasteiger partial charge in [-0.05, 0) is 25.0 Å². The Morgan fingerprint density at radius 3 is 2.77 bits per heavy atom. The van der Waals surface area contributed by atoms with Crippen LogP contribution in [-0.2, 0) is 14.3 Å². The molecule has 0 aliphatic rings. The van der Waals surface area contributed by atoms with E-state index in [9.17, 15) is 9.59 Å². The van der Waals surface area contributed by atoms with Gasteiger partial charge in [0.1, 0.15) is 11.8 Å². The number of nitrogens with zero attached hydrogens (tertiary/aromatic N) is 1. The van der Waals surface area contributed by atoms with Crippen LogP contribution in [0.2, 0.25) is 0 Å². The standard InChI is InChI=1S/C18H25N3O4S/c1-5-11(3)16(17(23)24-4)21-15(22)10-26-18-19-13-8-7-12(25-6-2)9-14(13)20-18/h7-9,11,16H,5-6,10H2,1-4H3,(H,19,20)(H,21,22)/t11-,16-/m1/s1. The number of H-pyrrole nitrogens is 1. The van der Waals surface area contributed by atoms with Gasteiger partial charge in [0.15, 0.2) is 5.16 Å². The Morgan fingerprint density at radius 1 is 1.35 bits per heavy atom. The van der Waals surface area contributed by atoms with E-state index in [0.717, 1.165) is 23.2 Å². The Bertz CT molecular complexity index is 762. The maximum Gasteiger partial charge on any atom is 0.328 e. The molecule has 2 rings (SSSR count). The van der Waals surface area contributed by atoms with Crippen LogP contribution in [0.5, 0.6) is 5.75 Å². The zero-order chi connectivity index (χ0) is 19.1. The SMILES string of the molecule is CCOc1ccc2nc(SCC(=O)N[C@@H](C(=O)OC)[C@H](C)CC)[nH]c2c1. The number of aromatic amines is 1. The molecular weight excluding hydrogens is 354 g/mol. The molecule has 0 aliphatic carbocycles. The Balaban J connectivity index is 1.97. The van der Waals surface area contributed by atoms with Crippen molar-refractivity contribution < 1.29 is 19.1 Å². The van der Waals surface area contributed by atoms with Crippen LogP contribution >= 0.6 is 11.8 Å². The predicted molar refractivity (Wildman–Crippen MR) is 101 cm³/mol. The average Bonchev–Trinajstić information content (AvgIpc) is 3.05. The number of fused-ring (bicyclic) bond motifs is 1. The van der Waals surface area contributed by atoms with Crippen LogP contribution in [0.3, 0.4) is 0 Å². The number of carbonyl (C=O) groups is 2. The zero-order valence-electron chi connectivity index (χ0n) is 15.5. The molecule has 1 heterocycles. The molecule has 2 N–H and O–H groups in total. The van der Waals surface area contributed by atoms with Gasteiger partial charge < -0.3 is 19.8 Å². The lowest BCUT2D eigenvalue weighted by Gasteiger charge is -2.21. The van der Waals surface area contributed by atoms with Crippen molar-refractivity contribution in [1.29, 1.82) is 0 Å². The fraction of sp³-hybridized carbons (Fsp3) is 0.500. The van der Waals surface area contributed by atoms with Crippen LogP contribution in [0.15, 0.2) is 23.4 Å². The molecule has 142 valence electrons. The van der Waals surface area contributed by atoms with Crippen molar-refractivity contribution in [2.75, 3.05) is 19.5 Å². The minimum absolute atomic E-state index is 0.000382. The highest BCUT2D eigenvalue weighted by atomic mass is 32.2. The third-order valence-electron chi connectivity index (χ3n) is 4.07. The van der Waals surface area contributed by atoms with E-state index in [1.807, 2.05) is 39.0 Å². The van der Waals surface area contributed by atoms with Crippen LogP contribution in [0, 0.1) is 5.92 Å². The second-order valence-electron chi connectivity index (χ2n) is 5.90. The highest BCUT2D eigenvalue weighted by Crippen LogP contribution is 2.23. The summed E-state index contributed by atoms with van der Waals surface area (Å²) in [6, 6.07) is 4.98. The molecular formula is C18H25N3O4S. The summed E-state index contributed by atoms with van der Waals surface area (Å²) in [6.45, 7) is 6.40. The van der Waals surface area contributed by atoms with E-state index < -0.39 is 12.0 Å². The monoisotopic (exact) mass is 379 g/mol. The summed E-state index contributed by atoms with van der Waals surface area (Å²) >= 11 is 1.28. The summed E-state index contributed by atoms with van der Waals surface area (Å²) in [4.78, 5) is 31.7. The minimum Gasteiger partial charge on any atom is -0.494 e. The number of amides is 1. The third kappa shape index (κ3) is 5.14. The molecule has 7 nitrogen and oxygen atoms in total. The van der Waals surface area contributed by atoms with E-state index in [0.29, 0.717) is 11.8 Å². The molecule has 8 heteroatoms. The molecule has 0 unspecified atom stereocenters.